The number of hydrogen-bond donors (Lipinski definition) is 1. The lowest BCUT2D eigenvalue weighted by atomic mass is 10.3. The van der Waals surface area contributed by atoms with Crippen LogP contribution in [0.4, 0.5) is 5.82 Å². The summed E-state index contributed by atoms with van der Waals surface area (Å²) in [6.07, 6.45) is 2.39. The van der Waals surface area contributed by atoms with Crippen LogP contribution in [0.3, 0.4) is 0 Å². The third-order valence-electron chi connectivity index (χ3n) is 2.63. The van der Waals surface area contributed by atoms with Crippen molar-refractivity contribution in [3.05, 3.63) is 17.8 Å². The van der Waals surface area contributed by atoms with E-state index in [4.69, 9.17) is 5.11 Å². The molecule has 0 aliphatic heterocycles. The molecular formula is C11H15N3O2. The standard InChI is InChI=1S/C11H15N3O2/c1-8-2-5-10(13-12-8)14(9-3-4-9)7-6-11(15)16/h2,5,9H,3-4,6-7H2,1H3,(H,15,16). The molecule has 1 aromatic heterocycles. The molecule has 1 aliphatic rings. The van der Waals surface area contributed by atoms with Gasteiger partial charge in [-0.2, -0.15) is 5.10 Å². The maximum atomic E-state index is 10.6. The molecule has 0 radical (unpaired) electrons. The molecule has 1 saturated carbocycles. The van der Waals surface area contributed by atoms with Crippen LogP contribution in [0.5, 0.6) is 0 Å². The molecule has 0 amide bonds. The highest BCUT2D eigenvalue weighted by atomic mass is 16.4. The number of carboxylic acid groups (broad SMARTS) is 1. The van der Waals surface area contributed by atoms with E-state index in [-0.39, 0.29) is 6.42 Å². The lowest BCUT2D eigenvalue weighted by molar-refractivity contribution is -0.136. The van der Waals surface area contributed by atoms with Gasteiger partial charge in [0.1, 0.15) is 0 Å². The maximum Gasteiger partial charge on any atom is 0.305 e. The average Bonchev–Trinajstić information content (AvgIpc) is 3.04. The van der Waals surface area contributed by atoms with E-state index in [1.165, 1.54) is 0 Å². The fourth-order valence-electron chi connectivity index (χ4n) is 1.63. The van der Waals surface area contributed by atoms with E-state index < -0.39 is 5.97 Å². The molecule has 0 saturated heterocycles. The zero-order valence-electron chi connectivity index (χ0n) is 9.26. The number of hydrogen-bond acceptors (Lipinski definition) is 4. The molecule has 1 heterocycles. The fourth-order valence-corrected chi connectivity index (χ4v) is 1.63. The van der Waals surface area contributed by atoms with E-state index in [0.29, 0.717) is 12.6 Å². The van der Waals surface area contributed by atoms with Crippen molar-refractivity contribution in [1.29, 1.82) is 0 Å². The van der Waals surface area contributed by atoms with Gasteiger partial charge in [-0.05, 0) is 31.9 Å². The van der Waals surface area contributed by atoms with Crippen molar-refractivity contribution in [3.8, 4) is 0 Å². The third kappa shape index (κ3) is 2.68. The van der Waals surface area contributed by atoms with Gasteiger partial charge in [0.05, 0.1) is 12.1 Å². The Labute approximate surface area is 94.1 Å². The Morgan fingerprint density at radius 2 is 2.25 bits per heavy atom. The molecule has 5 heteroatoms. The molecule has 86 valence electrons. The van der Waals surface area contributed by atoms with Gasteiger partial charge in [0.25, 0.3) is 0 Å². The number of aliphatic carboxylic acids is 1. The molecule has 16 heavy (non-hydrogen) atoms. The minimum Gasteiger partial charge on any atom is -0.481 e. The summed E-state index contributed by atoms with van der Waals surface area (Å²) in [7, 11) is 0. The average molecular weight is 221 g/mol. The largest absolute Gasteiger partial charge is 0.481 e. The van der Waals surface area contributed by atoms with Crippen LogP contribution in [-0.4, -0.2) is 33.9 Å². The van der Waals surface area contributed by atoms with Gasteiger partial charge in [-0.3, -0.25) is 4.79 Å². The lowest BCUT2D eigenvalue weighted by Crippen LogP contribution is -2.29. The van der Waals surface area contributed by atoms with E-state index in [1.807, 2.05) is 24.0 Å². The second-order valence-corrected chi connectivity index (χ2v) is 4.10. The predicted octanol–water partition coefficient (Wildman–Crippen LogP) is 1.23. The second-order valence-electron chi connectivity index (χ2n) is 4.10. The Kier molecular flexibility index (Phi) is 3.03. The molecule has 1 N–H and O–H groups in total. The van der Waals surface area contributed by atoms with E-state index in [2.05, 4.69) is 10.2 Å². The summed E-state index contributed by atoms with van der Waals surface area (Å²) in [4.78, 5) is 12.6. The van der Waals surface area contributed by atoms with Gasteiger partial charge in [-0.1, -0.05) is 0 Å². The first-order valence-corrected chi connectivity index (χ1v) is 5.45. The molecule has 0 atom stereocenters. The van der Waals surface area contributed by atoms with Crippen LogP contribution in [-0.2, 0) is 4.79 Å². The summed E-state index contributed by atoms with van der Waals surface area (Å²) in [6, 6.07) is 4.26. The smallest absolute Gasteiger partial charge is 0.305 e. The number of carboxylic acids is 1. The van der Waals surface area contributed by atoms with Crippen LogP contribution in [0.1, 0.15) is 25.0 Å². The molecule has 0 aromatic carbocycles. The quantitative estimate of drug-likeness (QED) is 0.810. The van der Waals surface area contributed by atoms with Gasteiger partial charge in [0, 0.05) is 12.6 Å². The molecular weight excluding hydrogens is 206 g/mol. The molecule has 0 unspecified atom stereocenters. The summed E-state index contributed by atoms with van der Waals surface area (Å²) in [5.41, 5.74) is 0.873. The molecule has 0 bridgehead atoms. The van der Waals surface area contributed by atoms with Crippen LogP contribution in [0.15, 0.2) is 12.1 Å². The number of carbonyl (C=O) groups is 1. The minimum atomic E-state index is -0.772. The van der Waals surface area contributed by atoms with Gasteiger partial charge < -0.3 is 10.0 Å². The number of anilines is 1. The zero-order valence-corrected chi connectivity index (χ0v) is 9.26. The van der Waals surface area contributed by atoms with E-state index in [1.54, 1.807) is 0 Å². The van der Waals surface area contributed by atoms with Crippen molar-refractivity contribution in [1.82, 2.24) is 10.2 Å². The molecule has 5 nitrogen and oxygen atoms in total. The van der Waals surface area contributed by atoms with Crippen molar-refractivity contribution in [3.63, 3.8) is 0 Å². The SMILES string of the molecule is Cc1ccc(N(CCC(=O)O)C2CC2)nn1. The Morgan fingerprint density at radius 1 is 1.50 bits per heavy atom. The van der Waals surface area contributed by atoms with Crippen molar-refractivity contribution in [2.75, 3.05) is 11.4 Å². The molecule has 2 rings (SSSR count). The topological polar surface area (TPSA) is 66.3 Å². The monoisotopic (exact) mass is 221 g/mol. The summed E-state index contributed by atoms with van der Waals surface area (Å²) in [6.45, 7) is 2.40. The van der Waals surface area contributed by atoms with Crippen LogP contribution >= 0.6 is 0 Å². The fraction of sp³-hybridized carbons (Fsp3) is 0.545. The minimum absolute atomic E-state index is 0.145. The highest BCUT2D eigenvalue weighted by Gasteiger charge is 2.30. The van der Waals surface area contributed by atoms with Crippen LogP contribution < -0.4 is 4.90 Å². The summed E-state index contributed by atoms with van der Waals surface area (Å²) in [5.74, 6) is 0.0140. The Balaban J connectivity index is 2.06. The molecule has 1 fully saturated rings. The highest BCUT2D eigenvalue weighted by molar-refractivity contribution is 5.67. The van der Waals surface area contributed by atoms with Gasteiger partial charge in [-0.15, -0.1) is 5.10 Å². The summed E-state index contributed by atoms with van der Waals surface area (Å²) < 4.78 is 0. The Hall–Kier alpha value is -1.65. The van der Waals surface area contributed by atoms with E-state index in [0.717, 1.165) is 24.4 Å². The predicted molar refractivity (Wildman–Crippen MR) is 59.4 cm³/mol. The van der Waals surface area contributed by atoms with Crippen LogP contribution in [0, 0.1) is 6.92 Å². The van der Waals surface area contributed by atoms with Crippen molar-refractivity contribution >= 4 is 11.8 Å². The summed E-state index contributed by atoms with van der Waals surface area (Å²) in [5, 5.41) is 16.8. The van der Waals surface area contributed by atoms with Gasteiger partial charge in [0.2, 0.25) is 0 Å². The number of rotatable bonds is 5. The number of aromatic nitrogens is 2. The van der Waals surface area contributed by atoms with Gasteiger partial charge in [0.15, 0.2) is 5.82 Å². The number of aryl methyl sites for hydroxylation is 1. The summed E-state index contributed by atoms with van der Waals surface area (Å²) >= 11 is 0. The maximum absolute atomic E-state index is 10.6. The second kappa shape index (κ2) is 4.47. The van der Waals surface area contributed by atoms with Gasteiger partial charge >= 0.3 is 5.97 Å². The lowest BCUT2D eigenvalue weighted by Gasteiger charge is -2.21. The molecule has 1 aromatic rings. The highest BCUT2D eigenvalue weighted by Crippen LogP contribution is 2.30. The first kappa shape index (κ1) is 10.9. The first-order chi connectivity index (χ1) is 7.66. The molecule has 1 aliphatic carbocycles. The van der Waals surface area contributed by atoms with Crippen LogP contribution in [0.2, 0.25) is 0 Å². The van der Waals surface area contributed by atoms with Crippen molar-refractivity contribution in [2.45, 2.75) is 32.2 Å². The normalized spacial score (nSPS) is 14.8. The van der Waals surface area contributed by atoms with Crippen molar-refractivity contribution in [2.24, 2.45) is 0 Å². The Morgan fingerprint density at radius 3 is 2.75 bits per heavy atom. The Bertz CT molecular complexity index is 373. The van der Waals surface area contributed by atoms with Gasteiger partial charge in [-0.25, -0.2) is 0 Å². The molecule has 0 spiro atoms. The zero-order chi connectivity index (χ0) is 11.5. The van der Waals surface area contributed by atoms with E-state index in [9.17, 15) is 4.79 Å². The first-order valence-electron chi connectivity index (χ1n) is 5.45. The van der Waals surface area contributed by atoms with Crippen molar-refractivity contribution < 1.29 is 9.90 Å². The van der Waals surface area contributed by atoms with Crippen LogP contribution in [0.25, 0.3) is 0 Å². The number of nitrogens with zero attached hydrogens (tertiary/aromatic N) is 3. The third-order valence-corrected chi connectivity index (χ3v) is 2.63. The van der Waals surface area contributed by atoms with E-state index >= 15 is 0 Å².